The second-order valence-corrected chi connectivity index (χ2v) is 5.34. The van der Waals surface area contributed by atoms with E-state index < -0.39 is 17.9 Å². The molecule has 0 aromatic heterocycles. The molecule has 6 heteroatoms. The van der Waals surface area contributed by atoms with Crippen molar-refractivity contribution in [3.63, 3.8) is 0 Å². The minimum Gasteiger partial charge on any atom is -0.368 e. The molecule has 1 aromatic rings. The highest BCUT2D eigenvalue weighted by Gasteiger charge is 2.18. The number of hydrogen-bond donors (Lipinski definition) is 2. The Morgan fingerprint density at radius 3 is 2.55 bits per heavy atom. The molecule has 1 atom stereocenters. The van der Waals surface area contributed by atoms with Gasteiger partial charge < -0.3 is 15.8 Å². The molecule has 0 unspecified atom stereocenters. The smallest absolute Gasteiger partial charge is 0.246 e. The fourth-order valence-electron chi connectivity index (χ4n) is 1.52. The van der Waals surface area contributed by atoms with Crippen molar-refractivity contribution in [2.24, 2.45) is 5.73 Å². The molecule has 1 aromatic carbocycles. The average molecular weight is 341 g/mol. The van der Waals surface area contributed by atoms with Crippen LogP contribution >= 0.6 is 15.9 Å². The van der Waals surface area contributed by atoms with Gasteiger partial charge in [-0.2, -0.15) is 0 Å². The summed E-state index contributed by atoms with van der Waals surface area (Å²) < 4.78 is 5.86. The molecule has 3 N–H and O–H groups in total. The summed E-state index contributed by atoms with van der Waals surface area (Å²) in [5.41, 5.74) is 6.17. The van der Waals surface area contributed by atoms with Gasteiger partial charge in [-0.3, -0.25) is 9.59 Å². The number of nitrogens with one attached hydrogen (secondary N) is 1. The predicted molar refractivity (Wildman–Crippen MR) is 79.9 cm³/mol. The first-order valence-corrected chi connectivity index (χ1v) is 6.82. The SMILES string of the molecule is C=C(Br)C[C@@H](NC(=O)COCc1ccccc1)C(N)=O. The molecule has 0 aliphatic heterocycles. The van der Waals surface area contributed by atoms with Crippen molar-refractivity contribution >= 4 is 27.7 Å². The number of nitrogens with two attached hydrogens (primary N) is 1. The molecule has 0 bridgehead atoms. The summed E-state index contributed by atoms with van der Waals surface area (Å²) >= 11 is 3.13. The van der Waals surface area contributed by atoms with Gasteiger partial charge in [-0.05, 0) is 10.0 Å². The number of ether oxygens (including phenoxy) is 1. The van der Waals surface area contributed by atoms with E-state index in [0.717, 1.165) is 5.56 Å². The minimum absolute atomic E-state index is 0.132. The van der Waals surface area contributed by atoms with Crippen LogP contribution in [0.15, 0.2) is 41.4 Å². The molecule has 0 radical (unpaired) electrons. The fraction of sp³-hybridized carbons (Fsp3) is 0.286. The standard InChI is InChI=1S/C14H17BrN2O3/c1-10(15)7-12(14(16)19)17-13(18)9-20-8-11-5-3-2-4-6-11/h2-6,12H,1,7-9H2,(H2,16,19)(H,17,18)/t12-/m1/s1. The van der Waals surface area contributed by atoms with Crippen LogP contribution in [-0.4, -0.2) is 24.5 Å². The zero-order valence-electron chi connectivity index (χ0n) is 11.0. The van der Waals surface area contributed by atoms with Gasteiger partial charge in [-0.1, -0.05) is 52.8 Å². The van der Waals surface area contributed by atoms with Crippen LogP contribution in [-0.2, 0) is 20.9 Å². The second-order valence-electron chi connectivity index (χ2n) is 4.22. The maximum Gasteiger partial charge on any atom is 0.246 e. The van der Waals surface area contributed by atoms with Crippen molar-refractivity contribution in [1.29, 1.82) is 0 Å². The fourth-order valence-corrected chi connectivity index (χ4v) is 1.84. The minimum atomic E-state index is -0.783. The number of primary amides is 1. The highest BCUT2D eigenvalue weighted by Crippen LogP contribution is 2.09. The number of halogens is 1. The number of hydrogen-bond acceptors (Lipinski definition) is 3. The van der Waals surface area contributed by atoms with Crippen LogP contribution in [0.25, 0.3) is 0 Å². The molecular weight excluding hydrogens is 324 g/mol. The van der Waals surface area contributed by atoms with Gasteiger partial charge in [-0.15, -0.1) is 0 Å². The van der Waals surface area contributed by atoms with Crippen LogP contribution in [0.3, 0.4) is 0 Å². The van der Waals surface area contributed by atoms with E-state index in [2.05, 4.69) is 27.8 Å². The Morgan fingerprint density at radius 1 is 1.35 bits per heavy atom. The van der Waals surface area contributed by atoms with Crippen LogP contribution in [0.2, 0.25) is 0 Å². The Labute approximate surface area is 126 Å². The molecule has 1 rings (SSSR count). The summed E-state index contributed by atoms with van der Waals surface area (Å²) in [7, 11) is 0. The monoisotopic (exact) mass is 340 g/mol. The Hall–Kier alpha value is -1.66. The summed E-state index contributed by atoms with van der Waals surface area (Å²) in [6, 6.07) is 8.71. The van der Waals surface area contributed by atoms with Gasteiger partial charge in [0.25, 0.3) is 0 Å². The first kappa shape index (κ1) is 16.4. The molecule has 5 nitrogen and oxygen atoms in total. The molecule has 0 aliphatic carbocycles. The van der Waals surface area contributed by atoms with Crippen molar-refractivity contribution in [3.8, 4) is 0 Å². The van der Waals surface area contributed by atoms with Gasteiger partial charge >= 0.3 is 0 Å². The summed E-state index contributed by atoms with van der Waals surface area (Å²) in [5.74, 6) is -1.000. The van der Waals surface area contributed by atoms with Gasteiger partial charge in [0.1, 0.15) is 12.6 Å². The van der Waals surface area contributed by atoms with Crippen LogP contribution < -0.4 is 11.1 Å². The highest BCUT2D eigenvalue weighted by atomic mass is 79.9. The maximum atomic E-state index is 11.6. The maximum absolute atomic E-state index is 11.6. The topological polar surface area (TPSA) is 81.4 Å². The molecule has 0 saturated heterocycles. The summed E-state index contributed by atoms with van der Waals surface area (Å²) in [6.07, 6.45) is 0.250. The van der Waals surface area contributed by atoms with Crippen LogP contribution in [0.1, 0.15) is 12.0 Å². The van der Waals surface area contributed by atoms with Gasteiger partial charge in [0, 0.05) is 6.42 Å². The first-order valence-electron chi connectivity index (χ1n) is 6.02. The highest BCUT2D eigenvalue weighted by molar-refractivity contribution is 9.11. The third-order valence-electron chi connectivity index (χ3n) is 2.45. The Morgan fingerprint density at radius 2 is 2.00 bits per heavy atom. The van der Waals surface area contributed by atoms with Gasteiger partial charge in [0.05, 0.1) is 6.61 Å². The lowest BCUT2D eigenvalue weighted by Gasteiger charge is -2.14. The van der Waals surface area contributed by atoms with Crippen LogP contribution in [0.5, 0.6) is 0 Å². The molecule has 0 fully saturated rings. The number of carbonyl (C=O) groups is 2. The Balaban J connectivity index is 2.35. The molecule has 20 heavy (non-hydrogen) atoms. The second kappa shape index (κ2) is 8.50. The lowest BCUT2D eigenvalue weighted by molar-refractivity contribution is -0.130. The number of amides is 2. The van der Waals surface area contributed by atoms with Crippen molar-refractivity contribution in [1.82, 2.24) is 5.32 Å². The van der Waals surface area contributed by atoms with Gasteiger partial charge in [0.15, 0.2) is 0 Å². The van der Waals surface area contributed by atoms with E-state index >= 15 is 0 Å². The van der Waals surface area contributed by atoms with E-state index in [1.54, 1.807) is 0 Å². The largest absolute Gasteiger partial charge is 0.368 e. The molecule has 108 valence electrons. The zero-order valence-corrected chi connectivity index (χ0v) is 12.6. The van der Waals surface area contributed by atoms with Gasteiger partial charge in [-0.25, -0.2) is 0 Å². The van der Waals surface area contributed by atoms with Crippen molar-refractivity contribution in [2.45, 2.75) is 19.1 Å². The molecule has 0 spiro atoms. The quantitative estimate of drug-likeness (QED) is 0.751. The van der Waals surface area contributed by atoms with E-state index in [4.69, 9.17) is 10.5 Å². The van der Waals surface area contributed by atoms with E-state index in [1.807, 2.05) is 30.3 Å². The van der Waals surface area contributed by atoms with Crippen molar-refractivity contribution in [2.75, 3.05) is 6.61 Å². The third kappa shape index (κ3) is 6.49. The number of benzene rings is 1. The Kier molecular flexibility index (Phi) is 6.97. The predicted octanol–water partition coefficient (Wildman–Crippen LogP) is 1.47. The molecule has 0 heterocycles. The lowest BCUT2D eigenvalue weighted by Crippen LogP contribution is -2.45. The Bertz CT molecular complexity index is 477. The van der Waals surface area contributed by atoms with Crippen molar-refractivity contribution < 1.29 is 14.3 Å². The summed E-state index contributed by atoms with van der Waals surface area (Å²) in [5, 5.41) is 2.50. The van der Waals surface area contributed by atoms with Crippen LogP contribution in [0.4, 0.5) is 0 Å². The van der Waals surface area contributed by atoms with Crippen LogP contribution in [0, 0.1) is 0 Å². The first-order chi connectivity index (χ1) is 9.49. The number of rotatable bonds is 8. The number of carbonyl (C=O) groups excluding carboxylic acids is 2. The van der Waals surface area contributed by atoms with Crippen molar-refractivity contribution in [3.05, 3.63) is 47.0 Å². The molecular formula is C14H17BrN2O3. The van der Waals surface area contributed by atoms with E-state index in [-0.39, 0.29) is 13.0 Å². The van der Waals surface area contributed by atoms with E-state index in [9.17, 15) is 9.59 Å². The molecule has 2 amide bonds. The average Bonchev–Trinajstić information content (AvgIpc) is 2.38. The molecule has 0 aliphatic rings. The normalized spacial score (nSPS) is 11.7. The van der Waals surface area contributed by atoms with E-state index in [1.165, 1.54) is 0 Å². The summed E-state index contributed by atoms with van der Waals surface area (Å²) in [6.45, 7) is 3.82. The third-order valence-corrected chi connectivity index (χ3v) is 2.77. The van der Waals surface area contributed by atoms with E-state index in [0.29, 0.717) is 11.1 Å². The zero-order chi connectivity index (χ0) is 15.0. The molecule has 0 saturated carbocycles. The summed E-state index contributed by atoms with van der Waals surface area (Å²) in [4.78, 5) is 22.8. The van der Waals surface area contributed by atoms with Gasteiger partial charge in [0.2, 0.25) is 11.8 Å². The lowest BCUT2D eigenvalue weighted by atomic mass is 10.2.